The first kappa shape index (κ1) is 23.8. The van der Waals surface area contributed by atoms with Gasteiger partial charge in [0.15, 0.2) is 11.4 Å². The van der Waals surface area contributed by atoms with Crippen molar-refractivity contribution >= 4 is 22.8 Å². The number of aromatic hydroxyl groups is 1. The van der Waals surface area contributed by atoms with Crippen LogP contribution in [0.4, 0.5) is 0 Å². The summed E-state index contributed by atoms with van der Waals surface area (Å²) < 4.78 is 12.2. The highest BCUT2D eigenvalue weighted by atomic mass is 16.5. The Kier molecular flexibility index (Phi) is 6.39. The topological polar surface area (TPSA) is 76.7 Å². The van der Waals surface area contributed by atoms with Crippen molar-refractivity contribution in [3.05, 3.63) is 64.0 Å². The second-order valence-corrected chi connectivity index (χ2v) is 9.87. The molecule has 4 rings (SSSR count). The van der Waals surface area contributed by atoms with Gasteiger partial charge < -0.3 is 14.3 Å². The summed E-state index contributed by atoms with van der Waals surface area (Å²) in [5.74, 6) is 0.131. The van der Waals surface area contributed by atoms with Gasteiger partial charge in [0.25, 0.3) is 0 Å². The van der Waals surface area contributed by atoms with E-state index in [-0.39, 0.29) is 28.6 Å². The van der Waals surface area contributed by atoms with E-state index in [1.54, 1.807) is 0 Å². The Morgan fingerprint density at radius 1 is 1.15 bits per heavy atom. The SMILES string of the molecule is CCC(C)C(=O)c1c(O)c2c(c3c(-c4ccccc4)cc(=O)oc13)OC(C)(CCC(C)C)C=C2. The fraction of sp³-hybridized carbons (Fsp3) is 0.379. The highest BCUT2D eigenvalue weighted by molar-refractivity contribution is 6.15. The first-order valence-corrected chi connectivity index (χ1v) is 12.0. The zero-order valence-electron chi connectivity index (χ0n) is 20.5. The van der Waals surface area contributed by atoms with Gasteiger partial charge in [-0.05, 0) is 49.8 Å². The summed E-state index contributed by atoms with van der Waals surface area (Å²) in [6.45, 7) is 10.1. The van der Waals surface area contributed by atoms with Crippen molar-refractivity contribution < 1.29 is 19.1 Å². The van der Waals surface area contributed by atoms with Crippen LogP contribution in [0.25, 0.3) is 28.2 Å². The molecule has 1 aromatic heterocycles. The van der Waals surface area contributed by atoms with Crippen LogP contribution in [0.1, 0.15) is 69.8 Å². The molecule has 1 aliphatic heterocycles. The van der Waals surface area contributed by atoms with Gasteiger partial charge in [0.05, 0.1) is 10.9 Å². The third-order valence-electron chi connectivity index (χ3n) is 6.70. The molecule has 3 aromatic rings. The number of hydrogen-bond donors (Lipinski definition) is 1. The molecule has 2 atom stereocenters. The minimum atomic E-state index is -0.594. The van der Waals surface area contributed by atoms with Crippen molar-refractivity contribution in [2.45, 2.75) is 59.5 Å². The largest absolute Gasteiger partial charge is 0.506 e. The third kappa shape index (κ3) is 4.27. The smallest absolute Gasteiger partial charge is 0.336 e. The van der Waals surface area contributed by atoms with Crippen molar-refractivity contribution in [2.24, 2.45) is 11.8 Å². The van der Waals surface area contributed by atoms with Crippen LogP contribution in [0.3, 0.4) is 0 Å². The van der Waals surface area contributed by atoms with E-state index in [0.29, 0.717) is 34.6 Å². The maximum atomic E-state index is 13.4. The maximum Gasteiger partial charge on any atom is 0.336 e. The number of carbonyl (C=O) groups excluding carboxylic acids is 1. The van der Waals surface area contributed by atoms with Gasteiger partial charge in [0.2, 0.25) is 0 Å². The lowest BCUT2D eigenvalue weighted by Crippen LogP contribution is -2.32. The van der Waals surface area contributed by atoms with Crippen molar-refractivity contribution in [1.82, 2.24) is 0 Å². The summed E-state index contributed by atoms with van der Waals surface area (Å²) in [5.41, 5.74) is 0.791. The minimum Gasteiger partial charge on any atom is -0.506 e. The standard InChI is InChI=1S/C29H32O5/c1-6-18(4)25(31)24-26(32)20-13-15-29(5,14-12-17(2)3)34-27(20)23-21(16-22(30)33-28(23)24)19-10-8-7-9-11-19/h7-11,13,15-18,32H,6,12,14H2,1-5H3. The molecule has 2 aromatic carbocycles. The zero-order valence-corrected chi connectivity index (χ0v) is 20.5. The van der Waals surface area contributed by atoms with Crippen LogP contribution in [0, 0.1) is 11.8 Å². The number of phenolic OH excluding ortho intramolecular Hbond substituents is 1. The molecule has 0 saturated heterocycles. The Morgan fingerprint density at radius 3 is 2.50 bits per heavy atom. The fourth-order valence-corrected chi connectivity index (χ4v) is 4.38. The molecule has 0 amide bonds. The molecule has 2 heterocycles. The number of fused-ring (bicyclic) bond motifs is 3. The zero-order chi connectivity index (χ0) is 24.6. The van der Waals surface area contributed by atoms with Crippen molar-refractivity contribution in [3.63, 3.8) is 0 Å². The summed E-state index contributed by atoms with van der Waals surface area (Å²) >= 11 is 0. The van der Waals surface area contributed by atoms with Crippen LogP contribution >= 0.6 is 0 Å². The summed E-state index contributed by atoms with van der Waals surface area (Å²) in [7, 11) is 0. The van der Waals surface area contributed by atoms with Crippen LogP contribution in [0.15, 0.2) is 51.7 Å². The Balaban J connectivity index is 2.08. The van der Waals surface area contributed by atoms with Crippen molar-refractivity contribution in [1.29, 1.82) is 0 Å². The van der Waals surface area contributed by atoms with Crippen molar-refractivity contribution in [3.8, 4) is 22.6 Å². The quantitative estimate of drug-likeness (QED) is 0.304. The molecule has 0 saturated carbocycles. The molecule has 2 unspecified atom stereocenters. The van der Waals surface area contributed by atoms with Crippen LogP contribution < -0.4 is 10.4 Å². The van der Waals surface area contributed by atoms with E-state index in [1.165, 1.54) is 6.07 Å². The van der Waals surface area contributed by atoms with Gasteiger partial charge in [0.1, 0.15) is 22.7 Å². The Hall–Kier alpha value is -3.34. The number of ether oxygens (including phenoxy) is 1. The fourth-order valence-electron chi connectivity index (χ4n) is 4.38. The number of carbonyl (C=O) groups is 1. The average Bonchev–Trinajstić information content (AvgIpc) is 2.82. The Labute approximate surface area is 200 Å². The molecular formula is C29H32O5. The lowest BCUT2D eigenvalue weighted by molar-refractivity contribution is 0.0924. The van der Waals surface area contributed by atoms with Gasteiger partial charge in [-0.25, -0.2) is 4.79 Å². The third-order valence-corrected chi connectivity index (χ3v) is 6.70. The minimum absolute atomic E-state index is 0.0389. The predicted octanol–water partition coefficient (Wildman–Crippen LogP) is 6.99. The maximum absolute atomic E-state index is 13.4. The van der Waals surface area contributed by atoms with E-state index in [2.05, 4.69) is 13.8 Å². The molecular weight excluding hydrogens is 428 g/mol. The van der Waals surface area contributed by atoms with Crippen LogP contribution in [0.2, 0.25) is 0 Å². The van der Waals surface area contributed by atoms with Crippen LogP contribution in [-0.4, -0.2) is 16.5 Å². The Morgan fingerprint density at radius 2 is 1.85 bits per heavy atom. The molecule has 0 spiro atoms. The Bertz CT molecular complexity index is 1320. The van der Waals surface area contributed by atoms with E-state index >= 15 is 0 Å². The normalized spacial score (nSPS) is 18.1. The molecule has 5 nitrogen and oxygen atoms in total. The van der Waals surface area contributed by atoms with Gasteiger partial charge in [-0.2, -0.15) is 0 Å². The number of ketones is 1. The average molecular weight is 461 g/mol. The lowest BCUT2D eigenvalue weighted by atomic mass is 9.87. The molecule has 5 heteroatoms. The van der Waals surface area contributed by atoms with Crippen LogP contribution in [-0.2, 0) is 0 Å². The van der Waals surface area contributed by atoms with Gasteiger partial charge in [0, 0.05) is 17.5 Å². The second kappa shape index (κ2) is 9.13. The number of rotatable bonds is 7. The monoisotopic (exact) mass is 460 g/mol. The second-order valence-electron chi connectivity index (χ2n) is 9.87. The first-order valence-electron chi connectivity index (χ1n) is 12.0. The van der Waals surface area contributed by atoms with Gasteiger partial charge in [-0.1, -0.05) is 58.0 Å². The summed E-state index contributed by atoms with van der Waals surface area (Å²) in [4.78, 5) is 26.0. The predicted molar refractivity (Wildman–Crippen MR) is 136 cm³/mol. The molecule has 0 fully saturated rings. The molecule has 1 N–H and O–H groups in total. The van der Waals surface area contributed by atoms with E-state index in [1.807, 2.05) is 63.3 Å². The lowest BCUT2D eigenvalue weighted by Gasteiger charge is -2.34. The molecule has 0 radical (unpaired) electrons. The number of hydrogen-bond acceptors (Lipinski definition) is 5. The summed E-state index contributed by atoms with van der Waals surface area (Å²) in [5, 5.41) is 11.8. The molecule has 34 heavy (non-hydrogen) atoms. The highest BCUT2D eigenvalue weighted by Crippen LogP contribution is 2.49. The number of phenols is 1. The van der Waals surface area contributed by atoms with Gasteiger partial charge in [-0.15, -0.1) is 0 Å². The van der Waals surface area contributed by atoms with Crippen LogP contribution in [0.5, 0.6) is 11.5 Å². The van der Waals surface area contributed by atoms with E-state index in [9.17, 15) is 14.7 Å². The molecule has 0 aliphatic carbocycles. The molecule has 0 bridgehead atoms. The first-order chi connectivity index (χ1) is 16.1. The summed E-state index contributed by atoms with van der Waals surface area (Å²) in [6, 6.07) is 10.9. The van der Waals surface area contributed by atoms with Gasteiger partial charge in [-0.3, -0.25) is 4.79 Å². The number of Topliss-reactive ketones (excluding diaryl/α,β-unsaturated/α-hetero) is 1. The van der Waals surface area contributed by atoms with E-state index < -0.39 is 11.2 Å². The van der Waals surface area contributed by atoms with Gasteiger partial charge >= 0.3 is 5.63 Å². The molecule has 1 aliphatic rings. The number of benzene rings is 2. The summed E-state index contributed by atoms with van der Waals surface area (Å²) in [6.07, 6.45) is 6.13. The molecule has 178 valence electrons. The van der Waals surface area contributed by atoms with E-state index in [4.69, 9.17) is 9.15 Å². The van der Waals surface area contributed by atoms with Crippen molar-refractivity contribution in [2.75, 3.05) is 0 Å². The highest BCUT2D eigenvalue weighted by Gasteiger charge is 2.35. The van der Waals surface area contributed by atoms with E-state index in [0.717, 1.165) is 18.4 Å².